The first kappa shape index (κ1) is 11.6. The predicted molar refractivity (Wildman–Crippen MR) is 69.0 cm³/mol. The maximum atomic E-state index is 9.03. The summed E-state index contributed by atoms with van der Waals surface area (Å²) in [5.74, 6) is 0.552. The third-order valence-corrected chi connectivity index (χ3v) is 2.70. The molecule has 0 unspecified atom stereocenters. The fourth-order valence-electron chi connectivity index (χ4n) is 1.45. The van der Waals surface area contributed by atoms with Crippen molar-refractivity contribution in [2.45, 2.75) is 0 Å². The number of hydrogen-bond acceptors (Lipinski definition) is 4. The van der Waals surface area contributed by atoms with Gasteiger partial charge >= 0.3 is 0 Å². The average molecular weight is 289 g/mol. The first-order chi connectivity index (χ1) is 8.22. The summed E-state index contributed by atoms with van der Waals surface area (Å²) in [4.78, 5) is 10.2. The number of rotatable bonds is 2. The third-order valence-electron chi connectivity index (χ3n) is 2.29. The van der Waals surface area contributed by atoms with Crippen molar-refractivity contribution < 1.29 is 0 Å². The van der Waals surface area contributed by atoms with E-state index < -0.39 is 0 Å². The van der Waals surface area contributed by atoms with Gasteiger partial charge in [-0.15, -0.1) is 0 Å². The van der Waals surface area contributed by atoms with Gasteiger partial charge in [0.25, 0.3) is 0 Å². The molecular weight excluding hydrogens is 280 g/mol. The molecular formula is C12H9BrN4. The second-order valence-electron chi connectivity index (χ2n) is 3.39. The van der Waals surface area contributed by atoms with Crippen LogP contribution < -0.4 is 4.90 Å². The molecule has 0 bridgehead atoms. The van der Waals surface area contributed by atoms with E-state index in [0.717, 1.165) is 10.2 Å². The summed E-state index contributed by atoms with van der Waals surface area (Å²) in [6, 6.07) is 9.50. The molecule has 0 aliphatic rings. The maximum Gasteiger partial charge on any atom is 0.229 e. The van der Waals surface area contributed by atoms with E-state index in [9.17, 15) is 0 Å². The van der Waals surface area contributed by atoms with Gasteiger partial charge in [-0.05, 0) is 28.1 Å². The molecule has 0 fully saturated rings. The molecule has 84 valence electrons. The quantitative estimate of drug-likeness (QED) is 0.853. The zero-order chi connectivity index (χ0) is 12.3. The van der Waals surface area contributed by atoms with Gasteiger partial charge in [-0.1, -0.05) is 12.1 Å². The van der Waals surface area contributed by atoms with Crippen LogP contribution in [0.1, 0.15) is 5.56 Å². The number of para-hydroxylation sites is 1. The summed E-state index contributed by atoms with van der Waals surface area (Å²) >= 11 is 3.28. The van der Waals surface area contributed by atoms with E-state index in [1.807, 2.05) is 25.2 Å². The lowest BCUT2D eigenvalue weighted by molar-refractivity contribution is 1.03. The van der Waals surface area contributed by atoms with Crippen molar-refractivity contribution in [3.05, 3.63) is 46.7 Å². The van der Waals surface area contributed by atoms with Gasteiger partial charge in [0.05, 0.1) is 15.7 Å². The Labute approximate surface area is 108 Å². The highest BCUT2D eigenvalue weighted by Gasteiger charge is 2.10. The van der Waals surface area contributed by atoms with Gasteiger partial charge in [-0.25, -0.2) is 9.97 Å². The molecule has 0 aliphatic heterocycles. The molecule has 2 rings (SSSR count). The van der Waals surface area contributed by atoms with E-state index in [2.05, 4.69) is 32.0 Å². The highest BCUT2D eigenvalue weighted by Crippen LogP contribution is 2.23. The van der Waals surface area contributed by atoms with Crippen LogP contribution in [-0.4, -0.2) is 17.0 Å². The smallest absolute Gasteiger partial charge is 0.229 e. The van der Waals surface area contributed by atoms with Crippen molar-refractivity contribution in [1.82, 2.24) is 9.97 Å². The highest BCUT2D eigenvalue weighted by atomic mass is 79.9. The second-order valence-corrected chi connectivity index (χ2v) is 4.30. The normalized spacial score (nSPS) is 9.71. The lowest BCUT2D eigenvalue weighted by atomic mass is 10.2. The SMILES string of the molecule is CN(c1ncc(Br)cn1)c1ccccc1C#N. The van der Waals surface area contributed by atoms with Gasteiger partial charge in [0.1, 0.15) is 6.07 Å². The summed E-state index contributed by atoms with van der Waals surface area (Å²) in [6.45, 7) is 0. The van der Waals surface area contributed by atoms with Crippen molar-refractivity contribution in [1.29, 1.82) is 5.26 Å². The van der Waals surface area contributed by atoms with E-state index in [1.165, 1.54) is 0 Å². The van der Waals surface area contributed by atoms with Crippen LogP contribution in [0, 0.1) is 11.3 Å². The minimum Gasteiger partial charge on any atom is -0.312 e. The molecule has 1 aromatic carbocycles. The topological polar surface area (TPSA) is 52.8 Å². The molecule has 0 aliphatic carbocycles. The Bertz CT molecular complexity index is 559. The molecule has 0 amide bonds. The van der Waals surface area contributed by atoms with E-state index in [-0.39, 0.29) is 0 Å². The van der Waals surface area contributed by atoms with Gasteiger partial charge in [0, 0.05) is 19.4 Å². The number of halogens is 1. The van der Waals surface area contributed by atoms with Crippen molar-refractivity contribution in [3.8, 4) is 6.07 Å². The van der Waals surface area contributed by atoms with Crippen molar-refractivity contribution in [2.24, 2.45) is 0 Å². The third kappa shape index (κ3) is 2.43. The maximum absolute atomic E-state index is 9.03. The monoisotopic (exact) mass is 288 g/mol. The Hall–Kier alpha value is -1.93. The van der Waals surface area contributed by atoms with Crippen LogP contribution in [0.3, 0.4) is 0 Å². The zero-order valence-electron chi connectivity index (χ0n) is 9.13. The van der Waals surface area contributed by atoms with Gasteiger partial charge in [0.15, 0.2) is 0 Å². The van der Waals surface area contributed by atoms with Crippen LogP contribution in [0.5, 0.6) is 0 Å². The largest absolute Gasteiger partial charge is 0.312 e. The van der Waals surface area contributed by atoms with Crippen molar-refractivity contribution >= 4 is 27.6 Å². The van der Waals surface area contributed by atoms with E-state index in [0.29, 0.717) is 11.5 Å². The van der Waals surface area contributed by atoms with Crippen LogP contribution in [-0.2, 0) is 0 Å². The number of benzene rings is 1. The molecule has 1 aromatic heterocycles. The average Bonchev–Trinajstić information content (AvgIpc) is 2.39. The van der Waals surface area contributed by atoms with E-state index >= 15 is 0 Å². The number of hydrogen-bond donors (Lipinski definition) is 0. The van der Waals surface area contributed by atoms with E-state index in [4.69, 9.17) is 5.26 Å². The zero-order valence-corrected chi connectivity index (χ0v) is 10.7. The molecule has 0 saturated carbocycles. The second kappa shape index (κ2) is 4.93. The Kier molecular flexibility index (Phi) is 3.35. The van der Waals surface area contributed by atoms with Crippen LogP contribution >= 0.6 is 15.9 Å². The minimum atomic E-state index is 0.552. The van der Waals surface area contributed by atoms with Crippen molar-refractivity contribution in [2.75, 3.05) is 11.9 Å². The lowest BCUT2D eigenvalue weighted by Gasteiger charge is -2.17. The molecule has 17 heavy (non-hydrogen) atoms. The lowest BCUT2D eigenvalue weighted by Crippen LogP contribution is -2.14. The van der Waals surface area contributed by atoms with Gasteiger partial charge in [-0.3, -0.25) is 0 Å². The van der Waals surface area contributed by atoms with Gasteiger partial charge < -0.3 is 4.90 Å². The molecule has 2 aromatic rings. The summed E-state index contributed by atoms with van der Waals surface area (Å²) in [6.07, 6.45) is 3.35. The first-order valence-electron chi connectivity index (χ1n) is 4.93. The standard InChI is InChI=1S/C12H9BrN4/c1-17(12-15-7-10(13)8-16-12)11-5-3-2-4-9(11)6-14/h2-5,7-8H,1H3. The minimum absolute atomic E-state index is 0.552. The Morgan fingerprint density at radius 1 is 1.24 bits per heavy atom. The molecule has 0 spiro atoms. The van der Waals surface area contributed by atoms with E-state index in [1.54, 1.807) is 23.4 Å². The number of nitriles is 1. The summed E-state index contributed by atoms with van der Waals surface area (Å²) in [5.41, 5.74) is 1.39. The molecule has 0 N–H and O–H groups in total. The first-order valence-corrected chi connectivity index (χ1v) is 5.72. The number of aromatic nitrogens is 2. The van der Waals surface area contributed by atoms with Gasteiger partial charge in [-0.2, -0.15) is 5.26 Å². The van der Waals surface area contributed by atoms with Crippen LogP contribution in [0.15, 0.2) is 41.1 Å². The molecule has 4 nitrogen and oxygen atoms in total. The highest BCUT2D eigenvalue weighted by molar-refractivity contribution is 9.10. The Morgan fingerprint density at radius 2 is 1.88 bits per heavy atom. The summed E-state index contributed by atoms with van der Waals surface area (Å²) in [5, 5.41) is 9.03. The van der Waals surface area contributed by atoms with Crippen LogP contribution in [0.4, 0.5) is 11.6 Å². The molecule has 5 heteroatoms. The number of anilines is 2. The van der Waals surface area contributed by atoms with Crippen LogP contribution in [0.25, 0.3) is 0 Å². The molecule has 0 atom stereocenters. The summed E-state index contributed by atoms with van der Waals surface area (Å²) < 4.78 is 0.822. The predicted octanol–water partition coefficient (Wildman–Crippen LogP) is 2.88. The molecule has 0 saturated heterocycles. The Balaban J connectivity index is 2.40. The van der Waals surface area contributed by atoms with Crippen LogP contribution in [0.2, 0.25) is 0 Å². The Morgan fingerprint density at radius 3 is 2.53 bits per heavy atom. The molecule has 0 radical (unpaired) electrons. The van der Waals surface area contributed by atoms with Gasteiger partial charge in [0.2, 0.25) is 5.95 Å². The summed E-state index contributed by atoms with van der Waals surface area (Å²) in [7, 11) is 1.83. The molecule has 1 heterocycles. The van der Waals surface area contributed by atoms with Crippen molar-refractivity contribution in [3.63, 3.8) is 0 Å². The fourth-order valence-corrected chi connectivity index (χ4v) is 1.65. The number of nitrogens with zero attached hydrogens (tertiary/aromatic N) is 4. The fraction of sp³-hybridized carbons (Fsp3) is 0.0833.